The van der Waals surface area contributed by atoms with E-state index < -0.39 is 0 Å². The molecule has 0 rings (SSSR count). The van der Waals surface area contributed by atoms with E-state index in [9.17, 15) is 0 Å². The van der Waals surface area contributed by atoms with Crippen molar-refractivity contribution in [1.82, 2.24) is 0 Å². The normalized spacial score (nSPS) is 7.40. The molecular weight excluding hydrogens is 61.0 g/mol. The van der Waals surface area contributed by atoms with Crippen LogP contribution in [0.2, 0.25) is 0 Å². The van der Waals surface area contributed by atoms with Crippen LogP contribution in [0.15, 0.2) is 12.7 Å². The average Bonchev–Trinajstić information content (AvgIpc) is 1.41. The molecule has 0 unspecified atom stereocenters. The monoisotopic (exact) mass is 71.1 g/mol. The highest BCUT2D eigenvalue weighted by molar-refractivity contribution is 4.63. The first kappa shape index (κ1) is 4.74. The third-order valence-corrected chi connectivity index (χ3v) is 0.493. The molecule has 0 nitrogen and oxygen atoms in total. The van der Waals surface area contributed by atoms with E-state index in [4.69, 9.17) is 0 Å². The molecule has 0 aromatic carbocycles. The van der Waals surface area contributed by atoms with E-state index in [0.29, 0.717) is 0 Å². The molecule has 0 N–H and O–H groups in total. The lowest BCUT2D eigenvalue weighted by Crippen LogP contribution is -1.52. The highest BCUT2D eigenvalue weighted by atomic mass is 14.0. The summed E-state index contributed by atoms with van der Waals surface area (Å²) in [6.07, 6.45) is 4.31. The minimum atomic E-state index is 1.15. The topological polar surface area (TPSA) is 0 Å². The lowest BCUT2D eigenvalue weighted by atomic mass is 10.5. The van der Waals surface area contributed by atoms with Gasteiger partial charge in [-0.05, 0) is 6.42 Å². The van der Waals surface area contributed by atoms with E-state index in [1.807, 2.05) is 6.08 Å². The SMILES string of the molecule is C=[13CH]CCC. The highest BCUT2D eigenvalue weighted by Crippen LogP contribution is 1.82. The molecule has 30 valence electrons. The summed E-state index contributed by atoms with van der Waals surface area (Å²) in [4.78, 5) is 0. The van der Waals surface area contributed by atoms with Gasteiger partial charge in [-0.1, -0.05) is 19.4 Å². The van der Waals surface area contributed by atoms with Gasteiger partial charge in [-0.25, -0.2) is 0 Å². The van der Waals surface area contributed by atoms with Gasteiger partial charge in [0.25, 0.3) is 0 Å². The van der Waals surface area contributed by atoms with E-state index >= 15 is 0 Å². The molecule has 0 spiro atoms. The summed E-state index contributed by atoms with van der Waals surface area (Å²) in [6, 6.07) is 0. The maximum atomic E-state index is 3.55. The molecule has 0 aliphatic carbocycles. The predicted octanol–water partition coefficient (Wildman–Crippen LogP) is 1.97. The van der Waals surface area contributed by atoms with Gasteiger partial charge in [-0.3, -0.25) is 0 Å². The van der Waals surface area contributed by atoms with Gasteiger partial charge in [0, 0.05) is 0 Å². The van der Waals surface area contributed by atoms with Crippen LogP contribution in [0.5, 0.6) is 0 Å². The molecule has 0 fully saturated rings. The van der Waals surface area contributed by atoms with Gasteiger partial charge in [0.2, 0.25) is 0 Å². The molecule has 0 radical (unpaired) electrons. The van der Waals surface area contributed by atoms with Crippen LogP contribution in [0, 0.1) is 0 Å². The van der Waals surface area contributed by atoms with Crippen molar-refractivity contribution in [1.29, 1.82) is 0 Å². The van der Waals surface area contributed by atoms with Gasteiger partial charge in [0.15, 0.2) is 0 Å². The molecule has 0 aromatic heterocycles. The van der Waals surface area contributed by atoms with Crippen molar-refractivity contribution in [3.63, 3.8) is 0 Å². The molecule has 0 amide bonds. The van der Waals surface area contributed by atoms with Crippen LogP contribution in [0.4, 0.5) is 0 Å². The van der Waals surface area contributed by atoms with Crippen molar-refractivity contribution >= 4 is 0 Å². The van der Waals surface area contributed by atoms with E-state index in [-0.39, 0.29) is 0 Å². The predicted molar refractivity (Wildman–Crippen MR) is 25.1 cm³/mol. The second kappa shape index (κ2) is 3.74. The Morgan fingerprint density at radius 1 is 1.80 bits per heavy atom. The molecule has 0 saturated heterocycles. The van der Waals surface area contributed by atoms with Gasteiger partial charge in [-0.2, -0.15) is 0 Å². The zero-order chi connectivity index (χ0) is 4.12. The number of hydrogen-bond acceptors (Lipinski definition) is 0. The van der Waals surface area contributed by atoms with Crippen molar-refractivity contribution in [2.45, 2.75) is 19.8 Å². The van der Waals surface area contributed by atoms with Gasteiger partial charge >= 0.3 is 0 Å². The number of rotatable bonds is 2. The minimum Gasteiger partial charge on any atom is -0.103 e. The van der Waals surface area contributed by atoms with Crippen LogP contribution < -0.4 is 0 Å². The fraction of sp³-hybridized carbons (Fsp3) is 0.600. The number of allylic oxidation sites excluding steroid dienone is 1. The van der Waals surface area contributed by atoms with Crippen molar-refractivity contribution in [2.24, 2.45) is 0 Å². The summed E-state index contributed by atoms with van der Waals surface area (Å²) >= 11 is 0. The lowest BCUT2D eigenvalue weighted by Gasteiger charge is -1.72. The van der Waals surface area contributed by atoms with Crippen molar-refractivity contribution in [3.8, 4) is 0 Å². The van der Waals surface area contributed by atoms with Crippen LogP contribution in [0.25, 0.3) is 0 Å². The Labute approximate surface area is 33.5 Å². The molecule has 0 aromatic rings. The second-order valence-corrected chi connectivity index (χ2v) is 1.08. The van der Waals surface area contributed by atoms with Crippen LogP contribution in [-0.4, -0.2) is 0 Å². The number of hydrogen-bond donors (Lipinski definition) is 0. The first-order valence-electron chi connectivity index (χ1n) is 2.02. The summed E-state index contributed by atoms with van der Waals surface area (Å²) in [5.74, 6) is 0. The van der Waals surface area contributed by atoms with Crippen molar-refractivity contribution < 1.29 is 0 Å². The fourth-order valence-electron chi connectivity index (χ4n) is 0.204. The molecule has 0 bridgehead atoms. The smallest absolute Gasteiger partial charge is 0.0356 e. The molecule has 0 atom stereocenters. The summed E-state index contributed by atoms with van der Waals surface area (Å²) in [5, 5.41) is 0. The van der Waals surface area contributed by atoms with E-state index in [0.717, 1.165) is 6.42 Å². The number of unbranched alkanes of at least 4 members (excludes halogenated alkanes) is 1. The first-order chi connectivity index (χ1) is 2.41. The Hall–Kier alpha value is -0.260. The van der Waals surface area contributed by atoms with Crippen LogP contribution in [0.3, 0.4) is 0 Å². The second-order valence-electron chi connectivity index (χ2n) is 1.08. The summed E-state index contributed by atoms with van der Waals surface area (Å²) in [5.41, 5.74) is 0. The van der Waals surface area contributed by atoms with Crippen LogP contribution in [0.1, 0.15) is 19.8 Å². The summed E-state index contributed by atoms with van der Waals surface area (Å²) in [7, 11) is 0. The maximum Gasteiger partial charge on any atom is -0.0356 e. The zero-order valence-electron chi connectivity index (χ0n) is 3.70. The molecule has 0 aliphatic rings. The van der Waals surface area contributed by atoms with E-state index in [2.05, 4.69) is 13.5 Å². The Morgan fingerprint density at radius 3 is 2.40 bits per heavy atom. The molecule has 0 aliphatic heterocycles. The van der Waals surface area contributed by atoms with Crippen LogP contribution in [-0.2, 0) is 0 Å². The third-order valence-electron chi connectivity index (χ3n) is 0.493. The van der Waals surface area contributed by atoms with E-state index in [1.165, 1.54) is 6.42 Å². The average molecular weight is 71.1 g/mol. The lowest BCUT2D eigenvalue weighted by molar-refractivity contribution is 0.961. The third kappa shape index (κ3) is 3.74. The van der Waals surface area contributed by atoms with Gasteiger partial charge in [0.1, 0.15) is 0 Å². The first-order valence-corrected chi connectivity index (χ1v) is 2.02. The minimum absolute atomic E-state index is 1.15. The molecular formula is C5H10. The van der Waals surface area contributed by atoms with Gasteiger partial charge in [0.05, 0.1) is 0 Å². The van der Waals surface area contributed by atoms with Crippen molar-refractivity contribution in [2.75, 3.05) is 0 Å². The highest BCUT2D eigenvalue weighted by Gasteiger charge is 1.61. The Balaban J connectivity index is 2.40. The van der Waals surface area contributed by atoms with Gasteiger partial charge < -0.3 is 0 Å². The Morgan fingerprint density at radius 2 is 2.40 bits per heavy atom. The Bertz CT molecular complexity index is 21.2. The summed E-state index contributed by atoms with van der Waals surface area (Å²) in [6.45, 7) is 5.69. The maximum absolute atomic E-state index is 3.55. The van der Waals surface area contributed by atoms with Gasteiger partial charge in [-0.15, -0.1) is 6.58 Å². The quantitative estimate of drug-likeness (QED) is 0.345. The summed E-state index contributed by atoms with van der Waals surface area (Å²) < 4.78 is 0. The molecule has 5 heavy (non-hydrogen) atoms. The van der Waals surface area contributed by atoms with E-state index in [1.54, 1.807) is 0 Å². The molecule has 0 heteroatoms. The fourth-order valence-corrected chi connectivity index (χ4v) is 0.204. The molecule has 0 saturated carbocycles. The van der Waals surface area contributed by atoms with Crippen LogP contribution >= 0.6 is 0 Å². The largest absolute Gasteiger partial charge is 0.103 e. The standard InChI is InChI=1S/C5H10/c1-3-5-4-2/h3H,1,4-5H2,2H3/i3+1. The van der Waals surface area contributed by atoms with Crippen molar-refractivity contribution in [3.05, 3.63) is 12.7 Å². The molecule has 0 heterocycles. The zero-order valence-corrected chi connectivity index (χ0v) is 3.70. The Kier molecular flexibility index (Phi) is 3.55.